The average molecular weight is 298 g/mol. The van der Waals surface area contributed by atoms with Crippen LogP contribution in [0.15, 0.2) is 0 Å². The molecule has 0 aromatic heterocycles. The van der Waals surface area contributed by atoms with Crippen molar-refractivity contribution in [2.75, 3.05) is 6.54 Å². The highest BCUT2D eigenvalue weighted by Crippen LogP contribution is 2.36. The van der Waals surface area contributed by atoms with Crippen LogP contribution in [0, 0.1) is 5.41 Å². The normalized spacial score (nSPS) is 18.0. The largest absolute Gasteiger partial charge is 0.481 e. The first-order valence-corrected chi connectivity index (χ1v) is 8.23. The van der Waals surface area contributed by atoms with Crippen molar-refractivity contribution in [3.05, 3.63) is 0 Å². The van der Waals surface area contributed by atoms with Crippen molar-refractivity contribution in [3.8, 4) is 0 Å². The van der Waals surface area contributed by atoms with E-state index in [1.54, 1.807) is 0 Å². The Bertz CT molecular complexity index is 350. The topological polar surface area (TPSA) is 78.4 Å². The fourth-order valence-corrected chi connectivity index (χ4v) is 3.24. The molecule has 122 valence electrons. The Labute approximate surface area is 127 Å². The molecule has 0 aromatic rings. The van der Waals surface area contributed by atoms with Gasteiger partial charge in [0.1, 0.15) is 0 Å². The highest BCUT2D eigenvalue weighted by Gasteiger charge is 2.40. The number of carbonyl (C=O) groups is 2. The van der Waals surface area contributed by atoms with Crippen LogP contribution in [0.2, 0.25) is 0 Å². The molecule has 0 aliphatic heterocycles. The molecular weight excluding hydrogens is 268 g/mol. The number of hydrogen-bond donors (Lipinski definition) is 3. The first-order valence-electron chi connectivity index (χ1n) is 8.23. The van der Waals surface area contributed by atoms with Gasteiger partial charge in [0.05, 0.1) is 5.41 Å². The standard InChI is InChI=1S/C16H30N2O3/c1-4-16(5-2,6-3)18-14(21)17-12-15(13(19)20)10-8-7-9-11-15/h4-12H2,1-3H3,(H,19,20)(H2,17,18,21). The van der Waals surface area contributed by atoms with Gasteiger partial charge in [0.25, 0.3) is 0 Å². The minimum atomic E-state index is -0.782. The molecule has 0 bridgehead atoms. The van der Waals surface area contributed by atoms with Crippen molar-refractivity contribution < 1.29 is 14.7 Å². The summed E-state index contributed by atoms with van der Waals surface area (Å²) in [6, 6.07) is -0.244. The Hall–Kier alpha value is -1.26. The molecule has 1 aliphatic carbocycles. The Morgan fingerprint density at radius 3 is 2.00 bits per heavy atom. The van der Waals surface area contributed by atoms with Crippen LogP contribution in [0.3, 0.4) is 0 Å². The van der Waals surface area contributed by atoms with E-state index < -0.39 is 11.4 Å². The number of carboxylic acid groups (broad SMARTS) is 1. The van der Waals surface area contributed by atoms with Gasteiger partial charge in [0.15, 0.2) is 0 Å². The zero-order valence-corrected chi connectivity index (χ0v) is 13.6. The van der Waals surface area contributed by atoms with Gasteiger partial charge < -0.3 is 15.7 Å². The minimum Gasteiger partial charge on any atom is -0.481 e. The number of rotatable bonds is 7. The second kappa shape index (κ2) is 7.66. The molecule has 21 heavy (non-hydrogen) atoms. The molecule has 0 unspecified atom stereocenters. The third kappa shape index (κ3) is 4.35. The lowest BCUT2D eigenvalue weighted by molar-refractivity contribution is -0.150. The van der Waals surface area contributed by atoms with Crippen LogP contribution in [0.4, 0.5) is 4.79 Å². The lowest BCUT2D eigenvalue weighted by atomic mass is 9.74. The van der Waals surface area contributed by atoms with Crippen LogP contribution in [-0.4, -0.2) is 29.2 Å². The quantitative estimate of drug-likeness (QED) is 0.675. The number of nitrogens with one attached hydrogen (secondary N) is 2. The number of carbonyl (C=O) groups excluding carboxylic acids is 1. The number of carboxylic acids is 1. The SMILES string of the molecule is CCC(CC)(CC)NC(=O)NCC1(C(=O)O)CCCCC1. The molecule has 2 amide bonds. The van der Waals surface area contributed by atoms with E-state index in [1.165, 1.54) is 0 Å². The van der Waals surface area contributed by atoms with Gasteiger partial charge in [-0.3, -0.25) is 4.79 Å². The minimum absolute atomic E-state index is 0.187. The van der Waals surface area contributed by atoms with E-state index in [9.17, 15) is 14.7 Å². The predicted octanol–water partition coefficient (Wildman–Crippen LogP) is 3.29. The van der Waals surface area contributed by atoms with Gasteiger partial charge in [-0.25, -0.2) is 4.79 Å². The molecular formula is C16H30N2O3. The number of urea groups is 1. The molecule has 1 saturated carbocycles. The van der Waals surface area contributed by atoms with Gasteiger partial charge in [-0.15, -0.1) is 0 Å². The molecule has 1 aliphatic rings. The van der Waals surface area contributed by atoms with Crippen molar-refractivity contribution in [2.45, 2.75) is 77.7 Å². The smallest absolute Gasteiger partial charge is 0.315 e. The van der Waals surface area contributed by atoms with E-state index in [2.05, 4.69) is 31.4 Å². The van der Waals surface area contributed by atoms with Crippen LogP contribution >= 0.6 is 0 Å². The summed E-state index contributed by atoms with van der Waals surface area (Å²) in [4.78, 5) is 23.7. The summed E-state index contributed by atoms with van der Waals surface area (Å²) >= 11 is 0. The van der Waals surface area contributed by atoms with Crippen molar-refractivity contribution in [2.24, 2.45) is 5.41 Å². The molecule has 0 atom stereocenters. The third-order valence-corrected chi connectivity index (χ3v) is 5.26. The summed E-state index contributed by atoms with van der Waals surface area (Å²) in [6.45, 7) is 6.41. The molecule has 0 heterocycles. The van der Waals surface area contributed by atoms with Gasteiger partial charge in [0.2, 0.25) is 0 Å². The highest BCUT2D eigenvalue weighted by molar-refractivity contribution is 5.78. The molecule has 1 fully saturated rings. The van der Waals surface area contributed by atoms with Gasteiger partial charge in [-0.1, -0.05) is 40.0 Å². The molecule has 0 radical (unpaired) electrons. The number of hydrogen-bond acceptors (Lipinski definition) is 2. The maximum absolute atomic E-state index is 12.1. The molecule has 0 aromatic carbocycles. The molecule has 5 heteroatoms. The second-order valence-electron chi connectivity index (χ2n) is 6.29. The molecule has 1 rings (SSSR count). The fraction of sp³-hybridized carbons (Fsp3) is 0.875. The van der Waals surface area contributed by atoms with Crippen LogP contribution in [-0.2, 0) is 4.79 Å². The molecule has 5 nitrogen and oxygen atoms in total. The van der Waals surface area contributed by atoms with Crippen molar-refractivity contribution >= 4 is 12.0 Å². The van der Waals surface area contributed by atoms with E-state index in [4.69, 9.17) is 0 Å². The number of aliphatic carboxylic acids is 1. The summed E-state index contributed by atoms with van der Waals surface area (Å²) < 4.78 is 0. The van der Waals surface area contributed by atoms with E-state index in [0.717, 1.165) is 38.5 Å². The summed E-state index contributed by atoms with van der Waals surface area (Å²) in [5.74, 6) is -0.782. The van der Waals surface area contributed by atoms with E-state index in [0.29, 0.717) is 12.8 Å². The van der Waals surface area contributed by atoms with Crippen LogP contribution < -0.4 is 10.6 Å². The maximum atomic E-state index is 12.1. The van der Waals surface area contributed by atoms with Gasteiger partial charge in [-0.2, -0.15) is 0 Å². The maximum Gasteiger partial charge on any atom is 0.315 e. The van der Waals surface area contributed by atoms with Crippen LogP contribution in [0.5, 0.6) is 0 Å². The molecule has 3 N–H and O–H groups in total. The third-order valence-electron chi connectivity index (χ3n) is 5.26. The van der Waals surface area contributed by atoms with Crippen LogP contribution in [0.25, 0.3) is 0 Å². The summed E-state index contributed by atoms with van der Waals surface area (Å²) in [6.07, 6.45) is 6.88. The Balaban J connectivity index is 2.60. The van der Waals surface area contributed by atoms with Crippen molar-refractivity contribution in [1.29, 1.82) is 0 Å². The summed E-state index contributed by atoms with van der Waals surface area (Å²) in [7, 11) is 0. The second-order valence-corrected chi connectivity index (χ2v) is 6.29. The Morgan fingerprint density at radius 1 is 1.05 bits per heavy atom. The molecule has 0 spiro atoms. The Kier molecular flexibility index (Phi) is 6.49. The van der Waals surface area contributed by atoms with E-state index in [-0.39, 0.29) is 18.1 Å². The van der Waals surface area contributed by atoms with E-state index >= 15 is 0 Å². The zero-order chi connectivity index (χ0) is 15.9. The number of amides is 2. The average Bonchev–Trinajstić information content (AvgIpc) is 2.51. The zero-order valence-electron chi connectivity index (χ0n) is 13.6. The summed E-state index contributed by atoms with van der Waals surface area (Å²) in [5.41, 5.74) is -0.962. The molecule has 0 saturated heterocycles. The first kappa shape index (κ1) is 17.8. The van der Waals surface area contributed by atoms with Gasteiger partial charge in [-0.05, 0) is 32.1 Å². The lowest BCUT2D eigenvalue weighted by Gasteiger charge is -2.35. The first-order chi connectivity index (χ1) is 9.93. The lowest BCUT2D eigenvalue weighted by Crippen LogP contribution is -2.54. The highest BCUT2D eigenvalue weighted by atomic mass is 16.4. The van der Waals surface area contributed by atoms with E-state index in [1.807, 2.05) is 0 Å². The van der Waals surface area contributed by atoms with Gasteiger partial charge >= 0.3 is 12.0 Å². The monoisotopic (exact) mass is 298 g/mol. The van der Waals surface area contributed by atoms with Gasteiger partial charge in [0, 0.05) is 12.1 Å². The van der Waals surface area contributed by atoms with Crippen LogP contribution in [0.1, 0.15) is 72.1 Å². The fourth-order valence-electron chi connectivity index (χ4n) is 3.24. The van der Waals surface area contributed by atoms with Crippen molar-refractivity contribution in [1.82, 2.24) is 10.6 Å². The Morgan fingerprint density at radius 2 is 1.57 bits per heavy atom. The summed E-state index contributed by atoms with van der Waals surface area (Å²) in [5, 5.41) is 15.3. The predicted molar refractivity (Wildman–Crippen MR) is 83.3 cm³/mol. The van der Waals surface area contributed by atoms with Crippen molar-refractivity contribution in [3.63, 3.8) is 0 Å².